The second kappa shape index (κ2) is 13.0. The second-order valence-corrected chi connectivity index (χ2v) is 10.2. The molecule has 1 N–H and O–H groups in total. The van der Waals surface area contributed by atoms with E-state index in [0.29, 0.717) is 28.9 Å². The second-order valence-electron chi connectivity index (χ2n) is 9.76. The molecule has 9 heteroatoms. The first kappa shape index (κ1) is 27.0. The Hall–Kier alpha value is -3.59. The molecule has 5 rings (SSSR count). The number of carbonyl (C=O) groups excluding carboxylic acids is 1. The number of carbonyl (C=O) groups is 1. The van der Waals surface area contributed by atoms with Crippen molar-refractivity contribution in [2.45, 2.75) is 19.6 Å². The third-order valence-corrected chi connectivity index (χ3v) is 7.09. The number of nitrogens with zero attached hydrogens (tertiary/aromatic N) is 4. The highest BCUT2D eigenvalue weighted by Gasteiger charge is 2.15. The molecule has 1 amide bonds. The standard InChI is InChI=1S/C30H34ClN5O3/c1-34-16-18-35(19-17-34)15-4-20-38-25-13-9-24(10-14-25)32-30(37)21-36-28-6-3-2-5-27(28)33-29(36)22-39-26-11-7-23(31)8-12-26/h2-3,5-14H,4,15-22H2,1H3,(H,32,37). The number of fused-ring (bicyclic) bond motifs is 1. The van der Waals surface area contributed by atoms with Gasteiger partial charge in [-0.05, 0) is 74.1 Å². The first-order chi connectivity index (χ1) is 19.0. The lowest BCUT2D eigenvalue weighted by Crippen LogP contribution is -2.44. The Labute approximate surface area is 234 Å². The molecule has 0 aliphatic carbocycles. The van der Waals surface area contributed by atoms with Crippen molar-refractivity contribution in [3.63, 3.8) is 0 Å². The van der Waals surface area contributed by atoms with Crippen LogP contribution >= 0.6 is 11.6 Å². The smallest absolute Gasteiger partial charge is 0.244 e. The summed E-state index contributed by atoms with van der Waals surface area (Å²) in [6.07, 6.45) is 0.991. The van der Waals surface area contributed by atoms with Crippen molar-refractivity contribution < 1.29 is 14.3 Å². The van der Waals surface area contributed by atoms with E-state index in [1.54, 1.807) is 12.1 Å². The van der Waals surface area contributed by atoms with Gasteiger partial charge in [0.25, 0.3) is 0 Å². The fourth-order valence-electron chi connectivity index (χ4n) is 4.62. The van der Waals surface area contributed by atoms with Crippen molar-refractivity contribution in [2.75, 3.05) is 51.7 Å². The number of nitrogens with one attached hydrogen (secondary N) is 1. The van der Waals surface area contributed by atoms with Crippen LogP contribution in [0.3, 0.4) is 0 Å². The predicted molar refractivity (Wildman–Crippen MR) is 155 cm³/mol. The summed E-state index contributed by atoms with van der Waals surface area (Å²) in [7, 11) is 2.17. The molecule has 0 radical (unpaired) electrons. The Balaban J connectivity index is 1.14. The Morgan fingerprint density at radius 1 is 0.923 bits per heavy atom. The van der Waals surface area contributed by atoms with Crippen molar-refractivity contribution in [3.05, 3.63) is 83.6 Å². The van der Waals surface area contributed by atoms with Crippen LogP contribution in [0.5, 0.6) is 11.5 Å². The number of halogens is 1. The van der Waals surface area contributed by atoms with Gasteiger partial charge >= 0.3 is 0 Å². The molecule has 39 heavy (non-hydrogen) atoms. The monoisotopic (exact) mass is 547 g/mol. The zero-order valence-corrected chi connectivity index (χ0v) is 22.9. The minimum absolute atomic E-state index is 0.115. The highest BCUT2D eigenvalue weighted by molar-refractivity contribution is 6.30. The number of imidazole rings is 1. The van der Waals surface area contributed by atoms with E-state index in [1.807, 2.05) is 65.2 Å². The zero-order chi connectivity index (χ0) is 27.0. The molecular formula is C30H34ClN5O3. The number of amides is 1. The fraction of sp³-hybridized carbons (Fsp3) is 0.333. The summed E-state index contributed by atoms with van der Waals surface area (Å²) in [5.41, 5.74) is 2.41. The first-order valence-electron chi connectivity index (χ1n) is 13.3. The largest absolute Gasteiger partial charge is 0.494 e. The number of aromatic nitrogens is 2. The lowest BCUT2D eigenvalue weighted by molar-refractivity contribution is -0.116. The minimum Gasteiger partial charge on any atom is -0.494 e. The predicted octanol–water partition coefficient (Wildman–Crippen LogP) is 4.92. The van der Waals surface area contributed by atoms with Crippen LogP contribution in [0.4, 0.5) is 5.69 Å². The number of piperazine rings is 1. The van der Waals surface area contributed by atoms with Gasteiger partial charge in [-0.25, -0.2) is 4.98 Å². The van der Waals surface area contributed by atoms with Crippen LogP contribution in [0.2, 0.25) is 5.02 Å². The summed E-state index contributed by atoms with van der Waals surface area (Å²) in [5, 5.41) is 3.63. The third kappa shape index (κ3) is 7.50. The van der Waals surface area contributed by atoms with Crippen molar-refractivity contribution in [1.82, 2.24) is 19.4 Å². The molecule has 0 saturated carbocycles. The first-order valence-corrected chi connectivity index (χ1v) is 13.7. The summed E-state index contributed by atoms with van der Waals surface area (Å²) in [4.78, 5) is 22.5. The molecule has 1 aliphatic rings. The van der Waals surface area contributed by atoms with Gasteiger partial charge in [0.2, 0.25) is 5.91 Å². The quantitative estimate of drug-likeness (QED) is 0.269. The molecule has 1 fully saturated rings. The SMILES string of the molecule is CN1CCN(CCCOc2ccc(NC(=O)Cn3c(COc4ccc(Cl)cc4)nc4ccccc43)cc2)CC1. The summed E-state index contributed by atoms with van der Waals surface area (Å²) < 4.78 is 13.7. The van der Waals surface area contributed by atoms with Crippen LogP contribution in [0.25, 0.3) is 11.0 Å². The van der Waals surface area contributed by atoms with Gasteiger partial charge in [-0.2, -0.15) is 0 Å². The normalized spacial score (nSPS) is 14.4. The van der Waals surface area contributed by atoms with Crippen LogP contribution < -0.4 is 14.8 Å². The third-order valence-electron chi connectivity index (χ3n) is 6.84. The molecule has 3 aromatic carbocycles. The fourth-order valence-corrected chi connectivity index (χ4v) is 4.74. The number of anilines is 1. The molecule has 1 aliphatic heterocycles. The van der Waals surface area contributed by atoms with E-state index in [-0.39, 0.29) is 19.1 Å². The Morgan fingerprint density at radius 3 is 2.38 bits per heavy atom. The van der Waals surface area contributed by atoms with Gasteiger partial charge in [0.05, 0.1) is 17.6 Å². The molecule has 1 saturated heterocycles. The number of likely N-dealkylation sites (N-methyl/N-ethyl adjacent to an activating group) is 1. The Kier molecular flexibility index (Phi) is 8.98. The van der Waals surface area contributed by atoms with E-state index >= 15 is 0 Å². The molecule has 0 atom stereocenters. The molecule has 0 spiro atoms. The summed E-state index contributed by atoms with van der Waals surface area (Å²) in [6, 6.07) is 22.4. The molecule has 4 aromatic rings. The van der Waals surface area contributed by atoms with Gasteiger partial charge in [0.1, 0.15) is 30.5 Å². The Bertz CT molecular complexity index is 1370. The van der Waals surface area contributed by atoms with E-state index in [4.69, 9.17) is 26.1 Å². The van der Waals surface area contributed by atoms with Gasteiger partial charge in [-0.15, -0.1) is 0 Å². The average Bonchev–Trinajstić information content (AvgIpc) is 3.29. The topological polar surface area (TPSA) is 71.9 Å². The summed E-state index contributed by atoms with van der Waals surface area (Å²) >= 11 is 5.97. The maximum atomic E-state index is 13.0. The molecule has 0 bridgehead atoms. The van der Waals surface area contributed by atoms with Crippen LogP contribution in [-0.4, -0.2) is 71.6 Å². The van der Waals surface area contributed by atoms with Crippen LogP contribution in [0.15, 0.2) is 72.8 Å². The molecule has 0 unspecified atom stereocenters. The van der Waals surface area contributed by atoms with E-state index in [9.17, 15) is 4.79 Å². The number of hydrogen-bond donors (Lipinski definition) is 1. The van der Waals surface area contributed by atoms with Crippen molar-refractivity contribution in [2.24, 2.45) is 0 Å². The van der Waals surface area contributed by atoms with Gasteiger partial charge in [-0.1, -0.05) is 23.7 Å². The van der Waals surface area contributed by atoms with Crippen molar-refractivity contribution in [1.29, 1.82) is 0 Å². The summed E-state index contributed by atoms with van der Waals surface area (Å²) in [5.74, 6) is 2.01. The number of rotatable bonds is 11. The highest BCUT2D eigenvalue weighted by atomic mass is 35.5. The van der Waals surface area contributed by atoms with Crippen LogP contribution in [0.1, 0.15) is 12.2 Å². The Morgan fingerprint density at radius 2 is 1.62 bits per heavy atom. The van der Waals surface area contributed by atoms with Crippen LogP contribution in [-0.2, 0) is 17.9 Å². The highest BCUT2D eigenvalue weighted by Crippen LogP contribution is 2.21. The number of benzene rings is 3. The van der Waals surface area contributed by atoms with E-state index in [2.05, 4.69) is 22.2 Å². The van der Waals surface area contributed by atoms with Crippen LogP contribution in [0, 0.1) is 0 Å². The van der Waals surface area contributed by atoms with Gasteiger partial charge in [-0.3, -0.25) is 4.79 Å². The van der Waals surface area contributed by atoms with E-state index in [0.717, 1.165) is 55.9 Å². The van der Waals surface area contributed by atoms with Crippen molar-refractivity contribution in [3.8, 4) is 11.5 Å². The number of ether oxygens (including phenoxy) is 2. The minimum atomic E-state index is -0.147. The lowest BCUT2D eigenvalue weighted by Gasteiger charge is -2.32. The lowest BCUT2D eigenvalue weighted by atomic mass is 10.3. The number of hydrogen-bond acceptors (Lipinski definition) is 6. The molecule has 204 valence electrons. The maximum absolute atomic E-state index is 13.0. The average molecular weight is 548 g/mol. The van der Waals surface area contributed by atoms with Gasteiger partial charge in [0, 0.05) is 43.4 Å². The molecule has 8 nitrogen and oxygen atoms in total. The molecule has 1 aromatic heterocycles. The van der Waals surface area contributed by atoms with E-state index in [1.165, 1.54) is 0 Å². The summed E-state index contributed by atoms with van der Waals surface area (Å²) in [6.45, 7) is 6.57. The van der Waals surface area contributed by atoms with Gasteiger partial charge in [0.15, 0.2) is 0 Å². The van der Waals surface area contributed by atoms with E-state index < -0.39 is 0 Å². The van der Waals surface area contributed by atoms with Crippen molar-refractivity contribution >= 4 is 34.2 Å². The number of para-hydroxylation sites is 2. The molecular weight excluding hydrogens is 514 g/mol. The molecule has 2 heterocycles. The maximum Gasteiger partial charge on any atom is 0.244 e. The zero-order valence-electron chi connectivity index (χ0n) is 22.2. The van der Waals surface area contributed by atoms with Gasteiger partial charge < -0.3 is 29.2 Å².